The van der Waals surface area contributed by atoms with Gasteiger partial charge in [-0.05, 0) is 38.5 Å². The molecule has 1 aromatic heterocycles. The Kier molecular flexibility index (Phi) is 6.33. The van der Waals surface area contributed by atoms with Crippen molar-refractivity contribution in [2.75, 3.05) is 23.7 Å². The van der Waals surface area contributed by atoms with Gasteiger partial charge in [0, 0.05) is 30.6 Å². The van der Waals surface area contributed by atoms with Crippen LogP contribution in [-0.4, -0.2) is 48.2 Å². The van der Waals surface area contributed by atoms with E-state index in [9.17, 15) is 17.6 Å². The third kappa shape index (κ3) is 5.42. The number of pyridine rings is 1. The summed E-state index contributed by atoms with van der Waals surface area (Å²) in [6, 6.07) is 6.65. The van der Waals surface area contributed by atoms with E-state index in [0.29, 0.717) is 18.7 Å². The van der Waals surface area contributed by atoms with Crippen LogP contribution in [0.2, 0.25) is 0 Å². The van der Waals surface area contributed by atoms with Gasteiger partial charge in [-0.3, -0.25) is 4.98 Å². The molecule has 0 radical (unpaired) electrons. The summed E-state index contributed by atoms with van der Waals surface area (Å²) in [5.41, 5.74) is 0.710. The number of aromatic nitrogens is 1. The zero-order chi connectivity index (χ0) is 21.0. The van der Waals surface area contributed by atoms with Gasteiger partial charge in [0.2, 0.25) is 10.0 Å². The lowest BCUT2D eigenvalue weighted by Crippen LogP contribution is -2.35. The predicted molar refractivity (Wildman–Crippen MR) is 108 cm³/mol. The smallest absolute Gasteiger partial charge is 0.323 e. The van der Waals surface area contributed by atoms with Gasteiger partial charge in [-0.25, -0.2) is 17.6 Å². The summed E-state index contributed by atoms with van der Waals surface area (Å²) in [5.74, 6) is -0.362. The first-order valence-electron chi connectivity index (χ1n) is 9.18. The third-order valence-corrected chi connectivity index (χ3v) is 6.66. The highest BCUT2D eigenvalue weighted by Gasteiger charge is 2.34. The maximum atomic E-state index is 14.0. The van der Waals surface area contributed by atoms with Crippen LogP contribution in [0, 0.1) is 5.82 Å². The Morgan fingerprint density at radius 2 is 2.03 bits per heavy atom. The van der Waals surface area contributed by atoms with Crippen molar-refractivity contribution in [2.24, 2.45) is 0 Å². The molecule has 2 aromatic rings. The molecule has 29 heavy (non-hydrogen) atoms. The standard InChI is InChI=1S/C19H23FN4O4S/c1-13(2)29(26,27)24-7-5-17(12-24)28-18-9-14(20)8-16(10-18)23-19(25)22-15-4-3-6-21-11-15/h3-4,6,8-11,13,17H,5,7,12H2,1-2H3,(H2,22,23,25)/t17-/m0/s1. The number of nitrogens with one attached hydrogen (secondary N) is 2. The molecule has 0 unspecified atom stereocenters. The van der Waals surface area contributed by atoms with Gasteiger partial charge in [-0.2, -0.15) is 4.31 Å². The average Bonchev–Trinajstić information content (AvgIpc) is 3.11. The van der Waals surface area contributed by atoms with Gasteiger partial charge in [0.1, 0.15) is 17.7 Å². The fraction of sp³-hybridized carbons (Fsp3) is 0.368. The lowest BCUT2D eigenvalue weighted by atomic mass is 10.2. The normalized spacial score (nSPS) is 17.3. The van der Waals surface area contributed by atoms with Crippen LogP contribution in [0.4, 0.5) is 20.6 Å². The Balaban J connectivity index is 1.63. The number of urea groups is 1. The summed E-state index contributed by atoms with van der Waals surface area (Å²) < 4.78 is 45.7. The van der Waals surface area contributed by atoms with Gasteiger partial charge >= 0.3 is 6.03 Å². The monoisotopic (exact) mass is 422 g/mol. The number of carbonyl (C=O) groups is 1. The summed E-state index contributed by atoms with van der Waals surface area (Å²) in [5, 5.41) is 4.62. The van der Waals surface area contributed by atoms with Crippen LogP contribution < -0.4 is 15.4 Å². The fourth-order valence-electron chi connectivity index (χ4n) is 2.95. The number of anilines is 2. The molecule has 1 fully saturated rings. The molecule has 2 heterocycles. The van der Waals surface area contributed by atoms with E-state index in [-0.39, 0.29) is 24.1 Å². The largest absolute Gasteiger partial charge is 0.489 e. The number of amides is 2. The van der Waals surface area contributed by atoms with E-state index in [0.717, 1.165) is 0 Å². The number of benzene rings is 1. The highest BCUT2D eigenvalue weighted by atomic mass is 32.2. The van der Waals surface area contributed by atoms with E-state index < -0.39 is 27.1 Å². The van der Waals surface area contributed by atoms with Gasteiger partial charge in [0.25, 0.3) is 0 Å². The predicted octanol–water partition coefficient (Wildman–Crippen LogP) is 3.06. The molecule has 1 aromatic carbocycles. The highest BCUT2D eigenvalue weighted by molar-refractivity contribution is 7.89. The minimum atomic E-state index is -3.35. The van der Waals surface area contributed by atoms with Crippen LogP contribution in [0.15, 0.2) is 42.7 Å². The fourth-order valence-corrected chi connectivity index (χ4v) is 4.28. The summed E-state index contributed by atoms with van der Waals surface area (Å²) in [7, 11) is -3.35. The van der Waals surface area contributed by atoms with Gasteiger partial charge in [0.15, 0.2) is 0 Å². The molecule has 10 heteroatoms. The molecule has 8 nitrogen and oxygen atoms in total. The molecule has 156 valence electrons. The first kappa shape index (κ1) is 21.0. The molecule has 1 aliphatic rings. The number of hydrogen-bond donors (Lipinski definition) is 2. The van der Waals surface area contributed by atoms with Crippen LogP contribution in [0.5, 0.6) is 5.75 Å². The number of sulfonamides is 1. The van der Waals surface area contributed by atoms with Crippen molar-refractivity contribution < 1.29 is 22.3 Å². The van der Waals surface area contributed by atoms with Crippen molar-refractivity contribution in [3.63, 3.8) is 0 Å². The van der Waals surface area contributed by atoms with E-state index >= 15 is 0 Å². The molecular formula is C19H23FN4O4S. The first-order valence-corrected chi connectivity index (χ1v) is 10.7. The van der Waals surface area contributed by atoms with Crippen LogP contribution in [0.3, 0.4) is 0 Å². The quantitative estimate of drug-likeness (QED) is 0.745. The number of nitrogens with zero attached hydrogens (tertiary/aromatic N) is 2. The SMILES string of the molecule is CC(C)S(=O)(=O)N1CC[C@H](Oc2cc(F)cc(NC(=O)Nc3cccnc3)c2)C1. The summed E-state index contributed by atoms with van der Waals surface area (Å²) >= 11 is 0. The Labute approximate surface area is 169 Å². The Hall–Kier alpha value is -2.72. The van der Waals surface area contributed by atoms with Crippen molar-refractivity contribution >= 4 is 27.4 Å². The molecule has 1 saturated heterocycles. The van der Waals surface area contributed by atoms with Crippen molar-refractivity contribution in [2.45, 2.75) is 31.6 Å². The van der Waals surface area contributed by atoms with Gasteiger partial charge in [0.05, 0.1) is 23.7 Å². The number of halogens is 1. The van der Waals surface area contributed by atoms with Crippen molar-refractivity contribution in [3.8, 4) is 5.75 Å². The number of ether oxygens (including phenoxy) is 1. The molecular weight excluding hydrogens is 399 g/mol. The number of carbonyl (C=O) groups excluding carboxylic acids is 1. The van der Waals surface area contributed by atoms with Crippen LogP contribution in [-0.2, 0) is 10.0 Å². The molecule has 1 atom stereocenters. The minimum absolute atomic E-state index is 0.210. The molecule has 2 amide bonds. The van der Waals surface area contributed by atoms with E-state index in [1.165, 1.54) is 28.7 Å². The second-order valence-electron chi connectivity index (χ2n) is 6.98. The van der Waals surface area contributed by atoms with E-state index in [2.05, 4.69) is 15.6 Å². The average molecular weight is 422 g/mol. The van der Waals surface area contributed by atoms with Gasteiger partial charge < -0.3 is 15.4 Å². The van der Waals surface area contributed by atoms with Crippen molar-refractivity contribution in [1.82, 2.24) is 9.29 Å². The third-order valence-electron chi connectivity index (χ3n) is 4.41. The molecule has 0 saturated carbocycles. The summed E-state index contributed by atoms with van der Waals surface area (Å²) in [6.45, 7) is 3.83. The van der Waals surface area contributed by atoms with E-state index in [1.807, 2.05) is 0 Å². The Morgan fingerprint density at radius 1 is 1.28 bits per heavy atom. The van der Waals surface area contributed by atoms with Gasteiger partial charge in [-0.1, -0.05) is 0 Å². The highest BCUT2D eigenvalue weighted by Crippen LogP contribution is 2.25. The zero-order valence-corrected chi connectivity index (χ0v) is 16.9. The maximum Gasteiger partial charge on any atom is 0.323 e. The van der Waals surface area contributed by atoms with Gasteiger partial charge in [-0.15, -0.1) is 0 Å². The van der Waals surface area contributed by atoms with E-state index in [1.54, 1.807) is 32.2 Å². The molecule has 0 bridgehead atoms. The summed E-state index contributed by atoms with van der Waals surface area (Å²) in [6.07, 6.45) is 3.18. The lowest BCUT2D eigenvalue weighted by molar-refractivity contribution is 0.214. The van der Waals surface area contributed by atoms with Crippen LogP contribution >= 0.6 is 0 Å². The van der Waals surface area contributed by atoms with E-state index in [4.69, 9.17) is 4.74 Å². The molecule has 1 aliphatic heterocycles. The second kappa shape index (κ2) is 8.75. The lowest BCUT2D eigenvalue weighted by Gasteiger charge is -2.19. The van der Waals surface area contributed by atoms with Crippen LogP contribution in [0.1, 0.15) is 20.3 Å². The molecule has 0 aliphatic carbocycles. The molecule has 0 spiro atoms. The topological polar surface area (TPSA) is 101 Å². The maximum absolute atomic E-state index is 14.0. The summed E-state index contributed by atoms with van der Waals surface area (Å²) in [4.78, 5) is 16.0. The molecule has 3 rings (SSSR count). The zero-order valence-electron chi connectivity index (χ0n) is 16.1. The second-order valence-corrected chi connectivity index (χ2v) is 9.47. The first-order chi connectivity index (χ1) is 13.7. The Morgan fingerprint density at radius 3 is 2.72 bits per heavy atom. The van der Waals surface area contributed by atoms with Crippen molar-refractivity contribution in [3.05, 3.63) is 48.5 Å². The molecule has 2 N–H and O–H groups in total. The number of rotatable bonds is 6. The minimum Gasteiger partial charge on any atom is -0.489 e. The Bertz CT molecular complexity index is 969. The van der Waals surface area contributed by atoms with Crippen molar-refractivity contribution in [1.29, 1.82) is 0 Å². The number of hydrogen-bond acceptors (Lipinski definition) is 5. The van der Waals surface area contributed by atoms with Crippen LogP contribution in [0.25, 0.3) is 0 Å².